The molecule has 22 heavy (non-hydrogen) atoms. The first-order valence-corrected chi connectivity index (χ1v) is 9.02. The van der Waals surface area contributed by atoms with E-state index in [0.29, 0.717) is 6.04 Å². The third-order valence-electron chi connectivity index (χ3n) is 5.26. The summed E-state index contributed by atoms with van der Waals surface area (Å²) < 4.78 is 0. The normalized spacial score (nSPS) is 22.0. The van der Waals surface area contributed by atoms with Gasteiger partial charge in [0.05, 0.1) is 6.10 Å². The Bertz CT molecular complexity index is 449. The second kappa shape index (κ2) is 8.09. The van der Waals surface area contributed by atoms with Gasteiger partial charge in [-0.15, -0.1) is 0 Å². The maximum atomic E-state index is 9.64. The number of piperidine rings is 1. The number of rotatable bonds is 5. The number of aliphatic hydroxyl groups is 1. The van der Waals surface area contributed by atoms with Crippen LogP contribution in [0.1, 0.15) is 56.1 Å². The van der Waals surface area contributed by atoms with E-state index < -0.39 is 0 Å². The molecule has 0 bridgehead atoms. The highest BCUT2D eigenvalue weighted by Gasteiger charge is 2.18. The van der Waals surface area contributed by atoms with E-state index in [1.54, 1.807) is 0 Å². The van der Waals surface area contributed by atoms with Gasteiger partial charge >= 0.3 is 0 Å². The molecule has 1 aromatic rings. The fourth-order valence-corrected chi connectivity index (χ4v) is 3.76. The zero-order chi connectivity index (χ0) is 15.2. The standard InChI is InChI=1S/C19H30N2O/c22-19-10-12-21(13-11-19)15-17-7-5-4-6-16(17)14-20-18-8-2-1-3-9-18/h4-7,18-20,22H,1-3,8-15H2. The molecule has 0 atom stereocenters. The molecule has 1 saturated carbocycles. The third-order valence-corrected chi connectivity index (χ3v) is 5.26. The Hall–Kier alpha value is -0.900. The number of nitrogens with zero attached hydrogens (tertiary/aromatic N) is 1. The van der Waals surface area contributed by atoms with Crippen molar-refractivity contribution in [3.63, 3.8) is 0 Å². The summed E-state index contributed by atoms with van der Waals surface area (Å²) in [6.45, 7) is 4.06. The molecule has 122 valence electrons. The van der Waals surface area contributed by atoms with Crippen molar-refractivity contribution in [3.8, 4) is 0 Å². The summed E-state index contributed by atoms with van der Waals surface area (Å²) in [6, 6.07) is 9.55. The highest BCUT2D eigenvalue weighted by molar-refractivity contribution is 5.27. The molecular formula is C19H30N2O. The van der Waals surface area contributed by atoms with Gasteiger partial charge in [-0.1, -0.05) is 43.5 Å². The minimum Gasteiger partial charge on any atom is -0.393 e. The van der Waals surface area contributed by atoms with Crippen LogP contribution in [0, 0.1) is 0 Å². The van der Waals surface area contributed by atoms with E-state index in [0.717, 1.165) is 39.0 Å². The molecule has 1 saturated heterocycles. The van der Waals surface area contributed by atoms with Gasteiger partial charge in [0.1, 0.15) is 0 Å². The predicted octanol–water partition coefficient (Wildman–Crippen LogP) is 3.07. The van der Waals surface area contributed by atoms with Gasteiger partial charge in [-0.05, 0) is 36.8 Å². The first-order valence-electron chi connectivity index (χ1n) is 9.02. The number of hydrogen-bond donors (Lipinski definition) is 2. The molecule has 3 heteroatoms. The molecule has 2 aliphatic rings. The Kier molecular flexibility index (Phi) is 5.88. The molecule has 0 unspecified atom stereocenters. The van der Waals surface area contributed by atoms with Crippen LogP contribution in [-0.2, 0) is 13.1 Å². The molecule has 3 rings (SSSR count). The van der Waals surface area contributed by atoms with Gasteiger partial charge in [-0.3, -0.25) is 4.90 Å². The molecule has 1 aliphatic carbocycles. The van der Waals surface area contributed by atoms with Crippen LogP contribution < -0.4 is 5.32 Å². The molecule has 0 radical (unpaired) electrons. The summed E-state index contributed by atoms with van der Waals surface area (Å²) in [5.74, 6) is 0. The topological polar surface area (TPSA) is 35.5 Å². The maximum Gasteiger partial charge on any atom is 0.0564 e. The van der Waals surface area contributed by atoms with Gasteiger partial charge in [0.2, 0.25) is 0 Å². The van der Waals surface area contributed by atoms with Crippen molar-refractivity contribution >= 4 is 0 Å². The lowest BCUT2D eigenvalue weighted by molar-refractivity contribution is 0.0791. The maximum absolute atomic E-state index is 9.64. The van der Waals surface area contributed by atoms with Crippen molar-refractivity contribution in [3.05, 3.63) is 35.4 Å². The highest BCUT2D eigenvalue weighted by Crippen LogP contribution is 2.20. The summed E-state index contributed by atoms with van der Waals surface area (Å²) in [6.07, 6.45) is 8.61. The lowest BCUT2D eigenvalue weighted by atomic mass is 9.95. The van der Waals surface area contributed by atoms with Gasteiger partial charge < -0.3 is 10.4 Å². The lowest BCUT2D eigenvalue weighted by Crippen LogP contribution is -2.36. The Labute approximate surface area is 134 Å². The highest BCUT2D eigenvalue weighted by atomic mass is 16.3. The van der Waals surface area contributed by atoms with Crippen molar-refractivity contribution in [2.75, 3.05) is 13.1 Å². The van der Waals surface area contributed by atoms with Crippen LogP contribution in [0.3, 0.4) is 0 Å². The van der Waals surface area contributed by atoms with E-state index in [2.05, 4.69) is 34.5 Å². The molecule has 3 nitrogen and oxygen atoms in total. The van der Waals surface area contributed by atoms with Crippen molar-refractivity contribution in [2.45, 2.75) is 70.2 Å². The molecule has 2 N–H and O–H groups in total. The minimum absolute atomic E-state index is 0.0838. The third kappa shape index (κ3) is 4.55. The molecule has 0 aromatic heterocycles. The van der Waals surface area contributed by atoms with Crippen molar-refractivity contribution in [1.82, 2.24) is 10.2 Å². The predicted molar refractivity (Wildman–Crippen MR) is 90.7 cm³/mol. The van der Waals surface area contributed by atoms with Gasteiger partial charge in [0.25, 0.3) is 0 Å². The number of aliphatic hydroxyl groups excluding tert-OH is 1. The summed E-state index contributed by atoms with van der Waals surface area (Å²) in [5.41, 5.74) is 2.89. The smallest absolute Gasteiger partial charge is 0.0564 e. The largest absolute Gasteiger partial charge is 0.393 e. The van der Waals surface area contributed by atoms with Crippen molar-refractivity contribution in [1.29, 1.82) is 0 Å². The zero-order valence-electron chi connectivity index (χ0n) is 13.6. The van der Waals surface area contributed by atoms with E-state index in [4.69, 9.17) is 0 Å². The van der Waals surface area contributed by atoms with Crippen LogP contribution in [0.5, 0.6) is 0 Å². The number of hydrogen-bond acceptors (Lipinski definition) is 3. The minimum atomic E-state index is -0.0838. The van der Waals surface area contributed by atoms with Crippen molar-refractivity contribution in [2.24, 2.45) is 0 Å². The first-order chi connectivity index (χ1) is 10.8. The van der Waals surface area contributed by atoms with Crippen LogP contribution >= 0.6 is 0 Å². The Morgan fingerprint density at radius 3 is 2.36 bits per heavy atom. The second-order valence-electron chi connectivity index (χ2n) is 6.99. The van der Waals surface area contributed by atoms with Gasteiger partial charge in [-0.2, -0.15) is 0 Å². The molecule has 0 spiro atoms. The van der Waals surface area contributed by atoms with Crippen molar-refractivity contribution < 1.29 is 5.11 Å². The Morgan fingerprint density at radius 2 is 1.64 bits per heavy atom. The Morgan fingerprint density at radius 1 is 0.955 bits per heavy atom. The van der Waals surface area contributed by atoms with E-state index in [1.165, 1.54) is 43.2 Å². The molecule has 1 aromatic carbocycles. The average Bonchev–Trinajstić information content (AvgIpc) is 2.57. The second-order valence-corrected chi connectivity index (χ2v) is 6.99. The zero-order valence-corrected chi connectivity index (χ0v) is 13.6. The molecule has 1 aliphatic heterocycles. The van der Waals surface area contributed by atoms with Gasteiger partial charge in [0, 0.05) is 32.2 Å². The molecule has 0 amide bonds. The van der Waals surface area contributed by atoms with E-state index >= 15 is 0 Å². The molecule has 1 heterocycles. The first kappa shape index (κ1) is 16.0. The quantitative estimate of drug-likeness (QED) is 0.877. The summed E-state index contributed by atoms with van der Waals surface area (Å²) in [7, 11) is 0. The van der Waals surface area contributed by atoms with Crippen LogP contribution in [0.2, 0.25) is 0 Å². The Balaban J connectivity index is 1.55. The fraction of sp³-hybridized carbons (Fsp3) is 0.684. The monoisotopic (exact) mass is 302 g/mol. The van der Waals surface area contributed by atoms with E-state index in [9.17, 15) is 5.11 Å². The molecule has 2 fully saturated rings. The summed E-state index contributed by atoms with van der Waals surface area (Å²) in [4.78, 5) is 2.48. The number of nitrogens with one attached hydrogen (secondary N) is 1. The fourth-order valence-electron chi connectivity index (χ4n) is 3.76. The average molecular weight is 302 g/mol. The van der Waals surface area contributed by atoms with Crippen LogP contribution in [0.15, 0.2) is 24.3 Å². The number of likely N-dealkylation sites (tertiary alicyclic amines) is 1. The SMILES string of the molecule is OC1CCN(Cc2ccccc2CNC2CCCCC2)CC1. The summed E-state index contributed by atoms with van der Waals surface area (Å²) >= 11 is 0. The van der Waals surface area contributed by atoms with Crippen LogP contribution in [-0.4, -0.2) is 35.2 Å². The van der Waals surface area contributed by atoms with Crippen LogP contribution in [0.25, 0.3) is 0 Å². The van der Waals surface area contributed by atoms with Crippen LogP contribution in [0.4, 0.5) is 0 Å². The van der Waals surface area contributed by atoms with Gasteiger partial charge in [-0.25, -0.2) is 0 Å². The lowest BCUT2D eigenvalue weighted by Gasteiger charge is -2.30. The molecular weight excluding hydrogens is 272 g/mol. The van der Waals surface area contributed by atoms with E-state index in [1.807, 2.05) is 0 Å². The summed E-state index contributed by atoms with van der Waals surface area (Å²) in [5, 5.41) is 13.4. The van der Waals surface area contributed by atoms with Gasteiger partial charge in [0.15, 0.2) is 0 Å². The number of benzene rings is 1. The van der Waals surface area contributed by atoms with E-state index in [-0.39, 0.29) is 6.10 Å².